The zero-order chi connectivity index (χ0) is 13.8. The smallest absolute Gasteiger partial charge is 0.246 e. The number of halogens is 1. The van der Waals surface area contributed by atoms with Gasteiger partial charge in [0.2, 0.25) is 5.91 Å². The molecule has 3 N–H and O–H groups in total. The minimum absolute atomic E-state index is 0.0772. The van der Waals surface area contributed by atoms with Crippen LogP contribution in [0.2, 0.25) is 0 Å². The van der Waals surface area contributed by atoms with E-state index in [2.05, 4.69) is 26.3 Å². The van der Waals surface area contributed by atoms with Crippen LogP contribution in [0.1, 0.15) is 0 Å². The fourth-order valence-electron chi connectivity index (χ4n) is 1.58. The van der Waals surface area contributed by atoms with Gasteiger partial charge in [0.1, 0.15) is 12.3 Å². The fraction of sp³-hybridized carbons (Fsp3) is 0.167. The SMILES string of the molecule is COc1ccccc1NC(=O)Cn1cc(Br)c(N)n1. The number of hydrogen-bond acceptors (Lipinski definition) is 4. The summed E-state index contributed by atoms with van der Waals surface area (Å²) in [6.45, 7) is 0.0772. The number of amides is 1. The average Bonchev–Trinajstić information content (AvgIpc) is 2.68. The summed E-state index contributed by atoms with van der Waals surface area (Å²) in [5, 5.41) is 6.75. The van der Waals surface area contributed by atoms with Gasteiger partial charge in [0.05, 0.1) is 17.3 Å². The normalized spacial score (nSPS) is 10.2. The molecule has 0 radical (unpaired) electrons. The standard InChI is InChI=1S/C12H13BrN4O2/c1-19-10-5-3-2-4-9(10)15-11(18)7-17-6-8(13)12(14)16-17/h2-6H,7H2,1H3,(H2,14,16)(H,15,18). The number of carbonyl (C=O) groups excluding carboxylic acids is 1. The van der Waals surface area contributed by atoms with Gasteiger partial charge in [0.25, 0.3) is 0 Å². The molecule has 1 heterocycles. The number of anilines is 2. The molecule has 2 aromatic rings. The van der Waals surface area contributed by atoms with Crippen molar-refractivity contribution >= 4 is 33.3 Å². The first-order valence-electron chi connectivity index (χ1n) is 5.51. The Bertz CT molecular complexity index is 578. The highest BCUT2D eigenvalue weighted by Crippen LogP contribution is 2.23. The van der Waals surface area contributed by atoms with Crippen LogP contribution in [0.4, 0.5) is 11.5 Å². The van der Waals surface area contributed by atoms with Crippen molar-refractivity contribution in [2.24, 2.45) is 0 Å². The second-order valence-corrected chi connectivity index (χ2v) is 4.66. The molecule has 1 aromatic carbocycles. The molecule has 0 saturated carbocycles. The molecule has 19 heavy (non-hydrogen) atoms. The van der Waals surface area contributed by atoms with E-state index < -0.39 is 0 Å². The van der Waals surface area contributed by atoms with Gasteiger partial charge in [0.15, 0.2) is 5.82 Å². The van der Waals surface area contributed by atoms with Crippen molar-refractivity contribution in [2.45, 2.75) is 6.54 Å². The van der Waals surface area contributed by atoms with Crippen molar-refractivity contribution < 1.29 is 9.53 Å². The number of carbonyl (C=O) groups is 1. The first-order chi connectivity index (χ1) is 9.10. The summed E-state index contributed by atoms with van der Waals surface area (Å²) in [5.74, 6) is 0.751. The average molecular weight is 325 g/mol. The van der Waals surface area contributed by atoms with Gasteiger partial charge in [-0.25, -0.2) is 0 Å². The van der Waals surface area contributed by atoms with Crippen LogP contribution in [0.3, 0.4) is 0 Å². The van der Waals surface area contributed by atoms with E-state index in [-0.39, 0.29) is 12.5 Å². The second-order valence-electron chi connectivity index (χ2n) is 3.81. The molecule has 7 heteroatoms. The monoisotopic (exact) mass is 324 g/mol. The van der Waals surface area contributed by atoms with Crippen LogP contribution in [-0.4, -0.2) is 22.8 Å². The van der Waals surface area contributed by atoms with Crippen LogP contribution in [0, 0.1) is 0 Å². The number of hydrogen-bond donors (Lipinski definition) is 2. The zero-order valence-electron chi connectivity index (χ0n) is 10.3. The van der Waals surface area contributed by atoms with Gasteiger partial charge in [-0.3, -0.25) is 9.48 Å². The molecule has 0 saturated heterocycles. The maximum Gasteiger partial charge on any atom is 0.246 e. The topological polar surface area (TPSA) is 82.2 Å². The molecule has 0 unspecified atom stereocenters. The van der Waals surface area contributed by atoms with Crippen molar-refractivity contribution in [3.8, 4) is 5.75 Å². The lowest BCUT2D eigenvalue weighted by molar-refractivity contribution is -0.116. The van der Waals surface area contributed by atoms with Gasteiger partial charge >= 0.3 is 0 Å². The third kappa shape index (κ3) is 3.25. The van der Waals surface area contributed by atoms with E-state index in [0.717, 1.165) is 0 Å². The number of benzene rings is 1. The molecule has 1 amide bonds. The van der Waals surface area contributed by atoms with E-state index in [4.69, 9.17) is 10.5 Å². The lowest BCUT2D eigenvalue weighted by Gasteiger charge is -2.09. The minimum atomic E-state index is -0.209. The van der Waals surface area contributed by atoms with Crippen LogP contribution < -0.4 is 15.8 Å². The summed E-state index contributed by atoms with van der Waals surface area (Å²) in [6, 6.07) is 7.20. The second kappa shape index (κ2) is 5.75. The van der Waals surface area contributed by atoms with E-state index in [9.17, 15) is 4.79 Å². The zero-order valence-corrected chi connectivity index (χ0v) is 11.8. The predicted octanol–water partition coefficient (Wildman–Crippen LogP) is 1.88. The van der Waals surface area contributed by atoms with Gasteiger partial charge in [-0.05, 0) is 28.1 Å². The van der Waals surface area contributed by atoms with Crippen molar-refractivity contribution in [3.63, 3.8) is 0 Å². The lowest BCUT2D eigenvalue weighted by atomic mass is 10.3. The van der Waals surface area contributed by atoms with Crippen molar-refractivity contribution in [1.82, 2.24) is 9.78 Å². The summed E-state index contributed by atoms with van der Waals surface area (Å²) in [5.41, 5.74) is 6.20. The molecule has 0 spiro atoms. The van der Waals surface area contributed by atoms with Crippen LogP contribution in [-0.2, 0) is 11.3 Å². The van der Waals surface area contributed by atoms with E-state index in [0.29, 0.717) is 21.7 Å². The molecule has 2 rings (SSSR count). The number of nitrogens with zero attached hydrogens (tertiary/aromatic N) is 2. The summed E-state index contributed by atoms with van der Waals surface area (Å²) in [7, 11) is 1.55. The van der Waals surface area contributed by atoms with Crippen LogP contribution >= 0.6 is 15.9 Å². The van der Waals surface area contributed by atoms with Crippen molar-refractivity contribution in [1.29, 1.82) is 0 Å². The highest BCUT2D eigenvalue weighted by molar-refractivity contribution is 9.10. The highest BCUT2D eigenvalue weighted by atomic mass is 79.9. The summed E-state index contributed by atoms with van der Waals surface area (Å²) in [6.07, 6.45) is 1.65. The molecular formula is C12H13BrN4O2. The number of ether oxygens (including phenoxy) is 1. The molecule has 0 atom stereocenters. The number of para-hydroxylation sites is 2. The van der Waals surface area contributed by atoms with E-state index in [1.165, 1.54) is 4.68 Å². The van der Waals surface area contributed by atoms with Gasteiger partial charge in [0, 0.05) is 6.20 Å². The maximum absolute atomic E-state index is 11.9. The Hall–Kier alpha value is -2.02. The summed E-state index contributed by atoms with van der Waals surface area (Å²) < 4.78 is 7.28. The number of rotatable bonds is 4. The molecule has 100 valence electrons. The predicted molar refractivity (Wildman–Crippen MR) is 76.0 cm³/mol. The first-order valence-corrected chi connectivity index (χ1v) is 6.30. The minimum Gasteiger partial charge on any atom is -0.495 e. The van der Waals surface area contributed by atoms with E-state index in [1.807, 2.05) is 12.1 Å². The van der Waals surface area contributed by atoms with Gasteiger partial charge in [-0.2, -0.15) is 5.10 Å². The molecule has 6 nitrogen and oxygen atoms in total. The van der Waals surface area contributed by atoms with E-state index >= 15 is 0 Å². The van der Waals surface area contributed by atoms with Crippen LogP contribution in [0.15, 0.2) is 34.9 Å². The van der Waals surface area contributed by atoms with E-state index in [1.54, 1.807) is 25.4 Å². The first kappa shape index (κ1) is 13.4. The molecule has 0 aliphatic heterocycles. The molecule has 0 fully saturated rings. The fourth-order valence-corrected chi connectivity index (χ4v) is 1.89. The number of nitrogens with two attached hydrogens (primary N) is 1. The largest absolute Gasteiger partial charge is 0.495 e. The van der Waals surface area contributed by atoms with Gasteiger partial charge in [-0.15, -0.1) is 0 Å². The van der Waals surface area contributed by atoms with Crippen molar-refractivity contribution in [2.75, 3.05) is 18.2 Å². The Morgan fingerprint density at radius 1 is 1.53 bits per heavy atom. The molecule has 1 aromatic heterocycles. The van der Waals surface area contributed by atoms with Gasteiger partial charge < -0.3 is 15.8 Å². The Morgan fingerprint density at radius 2 is 2.26 bits per heavy atom. The number of aromatic nitrogens is 2. The Morgan fingerprint density at radius 3 is 2.89 bits per heavy atom. The lowest BCUT2D eigenvalue weighted by Crippen LogP contribution is -2.19. The molecular weight excluding hydrogens is 312 g/mol. The third-order valence-electron chi connectivity index (χ3n) is 2.43. The quantitative estimate of drug-likeness (QED) is 0.899. The van der Waals surface area contributed by atoms with Gasteiger partial charge in [-0.1, -0.05) is 12.1 Å². The number of nitrogen functional groups attached to an aromatic ring is 1. The van der Waals surface area contributed by atoms with Crippen LogP contribution in [0.5, 0.6) is 5.75 Å². The Kier molecular flexibility index (Phi) is 4.06. The van der Waals surface area contributed by atoms with Crippen LogP contribution in [0.25, 0.3) is 0 Å². The molecule has 0 aliphatic carbocycles. The number of nitrogens with one attached hydrogen (secondary N) is 1. The summed E-state index contributed by atoms with van der Waals surface area (Å²) >= 11 is 3.24. The van der Waals surface area contributed by atoms with Crippen molar-refractivity contribution in [3.05, 3.63) is 34.9 Å². The third-order valence-corrected chi connectivity index (χ3v) is 3.04. The number of methoxy groups -OCH3 is 1. The summed E-state index contributed by atoms with van der Waals surface area (Å²) in [4.78, 5) is 11.9. The highest BCUT2D eigenvalue weighted by Gasteiger charge is 2.09. The maximum atomic E-state index is 11.9. The molecule has 0 aliphatic rings. The molecule has 0 bridgehead atoms. The Balaban J connectivity index is 2.05. The Labute approximate surface area is 118 Å².